The van der Waals surface area contributed by atoms with Crippen LogP contribution in [-0.4, -0.2) is 36.1 Å². The number of anilines is 1. The molecule has 0 aliphatic carbocycles. The average Bonchev–Trinajstić information content (AvgIpc) is 3.20. The van der Waals surface area contributed by atoms with Crippen molar-refractivity contribution in [1.29, 1.82) is 0 Å². The summed E-state index contributed by atoms with van der Waals surface area (Å²) < 4.78 is 0. The van der Waals surface area contributed by atoms with Gasteiger partial charge in [0.25, 0.3) is 0 Å². The molecule has 2 fully saturated rings. The number of likely N-dealkylation sites (tertiary alicyclic amines) is 1. The largest absolute Gasteiger partial charge is 0.356 e. The summed E-state index contributed by atoms with van der Waals surface area (Å²) in [7, 11) is 0. The van der Waals surface area contributed by atoms with Crippen LogP contribution >= 0.6 is 11.3 Å². The predicted octanol–water partition coefficient (Wildman–Crippen LogP) is 3.64. The van der Waals surface area contributed by atoms with Gasteiger partial charge in [-0.05, 0) is 49.4 Å². The Labute approximate surface area is 136 Å². The Morgan fingerprint density at radius 2 is 2.09 bits per heavy atom. The molecule has 0 amide bonds. The summed E-state index contributed by atoms with van der Waals surface area (Å²) in [6, 6.07) is 10.7. The molecule has 1 atom stereocenters. The van der Waals surface area contributed by atoms with Crippen LogP contribution in [0.1, 0.15) is 24.1 Å². The first-order valence-electron chi connectivity index (χ1n) is 8.24. The highest BCUT2D eigenvalue weighted by Crippen LogP contribution is 2.40. The molecule has 3 nitrogen and oxygen atoms in total. The predicted molar refractivity (Wildman–Crippen MR) is 92.3 cm³/mol. The van der Waals surface area contributed by atoms with Gasteiger partial charge in [0.15, 0.2) is 0 Å². The molecule has 0 aromatic carbocycles. The van der Waals surface area contributed by atoms with E-state index < -0.39 is 0 Å². The van der Waals surface area contributed by atoms with Crippen molar-refractivity contribution in [3.63, 3.8) is 0 Å². The molecule has 4 heteroatoms. The standard InChI is InChI=1S/C18H23N3S/c1-2-9-19-17(6-1)21-10-4-7-18(15-21)8-11-20(14-18)13-16-5-3-12-22-16/h1-3,5-6,9,12H,4,7-8,10-11,13-15H2/t18-/m0/s1. The second-order valence-electron chi connectivity index (χ2n) is 6.75. The topological polar surface area (TPSA) is 19.4 Å². The van der Waals surface area contributed by atoms with E-state index in [0.29, 0.717) is 5.41 Å². The lowest BCUT2D eigenvalue weighted by Gasteiger charge is -2.41. The summed E-state index contributed by atoms with van der Waals surface area (Å²) in [6.07, 6.45) is 5.91. The van der Waals surface area contributed by atoms with Crippen LogP contribution in [0.25, 0.3) is 0 Å². The van der Waals surface area contributed by atoms with E-state index in [-0.39, 0.29) is 0 Å². The van der Waals surface area contributed by atoms with E-state index in [0.717, 1.165) is 18.9 Å². The van der Waals surface area contributed by atoms with E-state index in [1.165, 1.54) is 43.8 Å². The Kier molecular flexibility index (Phi) is 3.89. The first-order chi connectivity index (χ1) is 10.8. The molecule has 0 unspecified atom stereocenters. The van der Waals surface area contributed by atoms with Crippen molar-refractivity contribution in [2.24, 2.45) is 5.41 Å². The summed E-state index contributed by atoms with van der Waals surface area (Å²) in [5, 5.41) is 2.19. The maximum atomic E-state index is 4.55. The van der Waals surface area contributed by atoms with Crippen LogP contribution in [0.4, 0.5) is 5.82 Å². The molecule has 2 aromatic heterocycles. The lowest BCUT2D eigenvalue weighted by atomic mass is 9.79. The molecular weight excluding hydrogens is 290 g/mol. The minimum absolute atomic E-state index is 0.479. The molecule has 4 heterocycles. The number of hydrogen-bond donors (Lipinski definition) is 0. The molecule has 2 aromatic rings. The van der Waals surface area contributed by atoms with Gasteiger partial charge >= 0.3 is 0 Å². The molecule has 22 heavy (non-hydrogen) atoms. The van der Waals surface area contributed by atoms with E-state index >= 15 is 0 Å². The van der Waals surface area contributed by atoms with Crippen LogP contribution in [0, 0.1) is 5.41 Å². The van der Waals surface area contributed by atoms with Crippen LogP contribution in [0.15, 0.2) is 41.9 Å². The van der Waals surface area contributed by atoms with Crippen LogP contribution in [-0.2, 0) is 6.54 Å². The second-order valence-corrected chi connectivity index (χ2v) is 7.79. The number of aromatic nitrogens is 1. The van der Waals surface area contributed by atoms with Crippen molar-refractivity contribution in [2.75, 3.05) is 31.1 Å². The molecule has 4 rings (SSSR count). The number of piperidine rings is 1. The van der Waals surface area contributed by atoms with E-state index in [1.54, 1.807) is 0 Å². The molecule has 0 bridgehead atoms. The second kappa shape index (κ2) is 6.01. The van der Waals surface area contributed by atoms with Crippen LogP contribution in [0.2, 0.25) is 0 Å². The van der Waals surface area contributed by atoms with Crippen molar-refractivity contribution >= 4 is 17.2 Å². The third-order valence-corrected chi connectivity index (χ3v) is 5.97. The molecule has 0 N–H and O–H groups in total. The number of pyridine rings is 1. The average molecular weight is 313 g/mol. The molecule has 0 radical (unpaired) electrons. The summed E-state index contributed by atoms with van der Waals surface area (Å²) >= 11 is 1.88. The molecule has 2 saturated heterocycles. The summed E-state index contributed by atoms with van der Waals surface area (Å²) in [5.74, 6) is 1.15. The minimum atomic E-state index is 0.479. The van der Waals surface area contributed by atoms with Gasteiger partial charge in [-0.2, -0.15) is 0 Å². The van der Waals surface area contributed by atoms with Crippen LogP contribution in [0.5, 0.6) is 0 Å². The van der Waals surface area contributed by atoms with E-state index in [9.17, 15) is 0 Å². The van der Waals surface area contributed by atoms with Gasteiger partial charge in [0, 0.05) is 42.7 Å². The van der Waals surface area contributed by atoms with Crippen molar-refractivity contribution in [3.05, 3.63) is 46.8 Å². The lowest BCUT2D eigenvalue weighted by Crippen LogP contribution is -2.45. The highest BCUT2D eigenvalue weighted by atomic mass is 32.1. The van der Waals surface area contributed by atoms with Gasteiger partial charge in [-0.3, -0.25) is 4.90 Å². The van der Waals surface area contributed by atoms with Gasteiger partial charge in [0.2, 0.25) is 0 Å². The van der Waals surface area contributed by atoms with Gasteiger partial charge in [-0.1, -0.05) is 12.1 Å². The van der Waals surface area contributed by atoms with Gasteiger partial charge < -0.3 is 4.90 Å². The number of nitrogens with zero attached hydrogens (tertiary/aromatic N) is 3. The number of hydrogen-bond acceptors (Lipinski definition) is 4. The van der Waals surface area contributed by atoms with Crippen LogP contribution < -0.4 is 4.90 Å². The fourth-order valence-electron chi connectivity index (χ4n) is 4.06. The molecule has 1 spiro atoms. The van der Waals surface area contributed by atoms with Crippen molar-refractivity contribution < 1.29 is 0 Å². The van der Waals surface area contributed by atoms with E-state index in [1.807, 2.05) is 23.6 Å². The van der Waals surface area contributed by atoms with Gasteiger partial charge in [0.1, 0.15) is 5.82 Å². The molecule has 116 valence electrons. The lowest BCUT2D eigenvalue weighted by molar-refractivity contribution is 0.217. The zero-order valence-corrected chi connectivity index (χ0v) is 13.8. The Morgan fingerprint density at radius 3 is 2.91 bits per heavy atom. The molecular formula is C18H23N3S. The number of thiophene rings is 1. The Hall–Kier alpha value is -1.39. The summed E-state index contributed by atoms with van der Waals surface area (Å²) in [4.78, 5) is 11.2. The smallest absolute Gasteiger partial charge is 0.128 e. The minimum Gasteiger partial charge on any atom is -0.356 e. The fraction of sp³-hybridized carbons (Fsp3) is 0.500. The maximum Gasteiger partial charge on any atom is 0.128 e. The highest BCUT2D eigenvalue weighted by molar-refractivity contribution is 7.09. The Bertz CT molecular complexity index is 598. The maximum absolute atomic E-state index is 4.55. The fourth-order valence-corrected chi connectivity index (χ4v) is 4.81. The van der Waals surface area contributed by atoms with Crippen molar-refractivity contribution in [2.45, 2.75) is 25.8 Å². The third-order valence-electron chi connectivity index (χ3n) is 5.11. The normalized spacial score (nSPS) is 25.9. The van der Waals surface area contributed by atoms with Crippen molar-refractivity contribution in [3.8, 4) is 0 Å². The van der Waals surface area contributed by atoms with Crippen molar-refractivity contribution in [1.82, 2.24) is 9.88 Å². The monoisotopic (exact) mass is 313 g/mol. The third kappa shape index (κ3) is 2.90. The van der Waals surface area contributed by atoms with E-state index in [2.05, 4.69) is 44.4 Å². The molecule has 0 saturated carbocycles. The first-order valence-corrected chi connectivity index (χ1v) is 9.12. The number of rotatable bonds is 3. The quantitative estimate of drug-likeness (QED) is 0.862. The molecule has 2 aliphatic heterocycles. The Balaban J connectivity index is 1.43. The zero-order valence-electron chi connectivity index (χ0n) is 12.9. The zero-order chi connectivity index (χ0) is 14.8. The van der Waals surface area contributed by atoms with Crippen LogP contribution in [0.3, 0.4) is 0 Å². The highest BCUT2D eigenvalue weighted by Gasteiger charge is 2.41. The summed E-state index contributed by atoms with van der Waals surface area (Å²) in [5.41, 5.74) is 0.479. The van der Waals surface area contributed by atoms with E-state index in [4.69, 9.17) is 0 Å². The van der Waals surface area contributed by atoms with Gasteiger partial charge in [-0.25, -0.2) is 4.98 Å². The van der Waals surface area contributed by atoms with Gasteiger partial charge in [0.05, 0.1) is 0 Å². The SMILES string of the molecule is c1ccc(N2CCC[C@@]3(CCN(Cc4cccs4)C3)C2)nc1. The Morgan fingerprint density at radius 1 is 1.09 bits per heavy atom. The van der Waals surface area contributed by atoms with Gasteiger partial charge in [-0.15, -0.1) is 11.3 Å². The summed E-state index contributed by atoms with van der Waals surface area (Å²) in [6.45, 7) is 5.94. The first kappa shape index (κ1) is 14.2. The molecule has 2 aliphatic rings.